The van der Waals surface area contributed by atoms with E-state index in [-0.39, 0.29) is 6.29 Å². The molecule has 22 nitrogen and oxygen atoms in total. The van der Waals surface area contributed by atoms with Crippen LogP contribution < -0.4 is 0 Å². The first-order valence-electron chi connectivity index (χ1n) is 13.9. The van der Waals surface area contributed by atoms with Crippen LogP contribution in [0.25, 0.3) is 0 Å². The standard InChI is InChI=1S/C24H40O22/c25-1-5(29)9(31)17(6(30)2-26)43-22-15(37)12(34)18(7(3-27)41-22)44-23-16(38)13(35)19(8(4-28)42-23)45-24-14(36)10(32)11(33)20(46-24)21(39)40/h1,5-20,22-24,26-38H,2-4H2,(H,39,40)/t5-,6+,7+,8+,9+,10-,11-,12+,13+,14+,15+,16+,17-,18+,19+,20-,22-,23-,24+/m0/s1. The Morgan fingerprint density at radius 1 is 0.674 bits per heavy atom. The molecule has 0 aliphatic carbocycles. The summed E-state index contributed by atoms with van der Waals surface area (Å²) in [5.41, 5.74) is 0. The van der Waals surface area contributed by atoms with Crippen LogP contribution in [0, 0.1) is 0 Å². The molecule has 0 aromatic heterocycles. The second-order valence-electron chi connectivity index (χ2n) is 10.8. The molecule has 46 heavy (non-hydrogen) atoms. The van der Waals surface area contributed by atoms with E-state index < -0.39 is 142 Å². The summed E-state index contributed by atoms with van der Waals surface area (Å²) in [6, 6.07) is 0. The van der Waals surface area contributed by atoms with Crippen molar-refractivity contribution in [3.05, 3.63) is 0 Å². The highest BCUT2D eigenvalue weighted by atomic mass is 16.8. The van der Waals surface area contributed by atoms with Crippen molar-refractivity contribution >= 4 is 12.3 Å². The molecule has 0 aromatic carbocycles. The van der Waals surface area contributed by atoms with Gasteiger partial charge in [0.15, 0.2) is 31.3 Å². The lowest BCUT2D eigenvalue weighted by Crippen LogP contribution is -2.67. The van der Waals surface area contributed by atoms with Crippen molar-refractivity contribution < 1.29 is 110 Å². The second kappa shape index (κ2) is 16.7. The van der Waals surface area contributed by atoms with E-state index in [0.29, 0.717) is 0 Å². The molecule has 19 atom stereocenters. The normalized spacial score (nSPS) is 44.6. The molecular weight excluding hydrogens is 640 g/mol. The summed E-state index contributed by atoms with van der Waals surface area (Å²) >= 11 is 0. The van der Waals surface area contributed by atoms with Gasteiger partial charge in [-0.25, -0.2) is 4.79 Å². The number of carbonyl (C=O) groups is 2. The molecule has 0 unspecified atom stereocenters. The predicted octanol–water partition coefficient (Wildman–Crippen LogP) is -9.81. The molecule has 14 N–H and O–H groups in total. The van der Waals surface area contributed by atoms with Crippen molar-refractivity contribution in [2.75, 3.05) is 19.8 Å². The summed E-state index contributed by atoms with van der Waals surface area (Å²) in [6.07, 6.45) is -37.9. The lowest BCUT2D eigenvalue weighted by atomic mass is 9.96. The Bertz CT molecular complexity index is 970. The van der Waals surface area contributed by atoms with Gasteiger partial charge in [-0.15, -0.1) is 0 Å². The third-order valence-electron chi connectivity index (χ3n) is 7.72. The Balaban J connectivity index is 1.74. The zero-order chi connectivity index (χ0) is 34.6. The van der Waals surface area contributed by atoms with Gasteiger partial charge in [0, 0.05) is 0 Å². The van der Waals surface area contributed by atoms with Crippen molar-refractivity contribution in [2.45, 2.75) is 117 Å². The number of carbonyl (C=O) groups excluding carboxylic acids is 1. The number of hydrogen-bond donors (Lipinski definition) is 14. The number of aldehydes is 1. The Labute approximate surface area is 258 Å². The maximum atomic E-state index is 11.4. The van der Waals surface area contributed by atoms with Crippen LogP contribution in [0.15, 0.2) is 0 Å². The van der Waals surface area contributed by atoms with Gasteiger partial charge in [0.2, 0.25) is 0 Å². The van der Waals surface area contributed by atoms with E-state index >= 15 is 0 Å². The largest absolute Gasteiger partial charge is 0.479 e. The van der Waals surface area contributed by atoms with Crippen LogP contribution in [0.1, 0.15) is 0 Å². The number of carboxylic acid groups (broad SMARTS) is 1. The molecule has 3 aliphatic heterocycles. The second-order valence-corrected chi connectivity index (χ2v) is 10.8. The highest BCUT2D eigenvalue weighted by Gasteiger charge is 2.54. The molecule has 0 aromatic rings. The van der Waals surface area contributed by atoms with E-state index in [9.17, 15) is 81.1 Å². The van der Waals surface area contributed by atoms with Gasteiger partial charge in [-0.2, -0.15) is 0 Å². The minimum atomic E-state index is -2.16. The molecular formula is C24H40O22. The van der Waals surface area contributed by atoms with Crippen molar-refractivity contribution in [1.82, 2.24) is 0 Å². The van der Waals surface area contributed by atoms with E-state index in [1.54, 1.807) is 0 Å². The van der Waals surface area contributed by atoms with Gasteiger partial charge in [-0.1, -0.05) is 0 Å². The van der Waals surface area contributed by atoms with Crippen molar-refractivity contribution in [2.24, 2.45) is 0 Å². The van der Waals surface area contributed by atoms with Gasteiger partial charge in [0.05, 0.1) is 19.8 Å². The Morgan fingerprint density at radius 3 is 1.59 bits per heavy atom. The Hall–Kier alpha value is -1.62. The number of aliphatic carboxylic acids is 1. The fourth-order valence-electron chi connectivity index (χ4n) is 5.07. The Kier molecular flexibility index (Phi) is 14.1. The maximum Gasteiger partial charge on any atom is 0.335 e. The van der Waals surface area contributed by atoms with E-state index in [0.717, 1.165) is 0 Å². The number of hydrogen-bond acceptors (Lipinski definition) is 21. The van der Waals surface area contributed by atoms with Gasteiger partial charge in [0.1, 0.15) is 91.6 Å². The zero-order valence-electron chi connectivity index (χ0n) is 23.7. The number of aliphatic hydroxyl groups excluding tert-OH is 13. The summed E-state index contributed by atoms with van der Waals surface area (Å²) < 4.78 is 31.8. The van der Waals surface area contributed by atoms with E-state index in [4.69, 9.17) is 28.4 Å². The summed E-state index contributed by atoms with van der Waals surface area (Å²) in [6.45, 7) is -3.03. The summed E-state index contributed by atoms with van der Waals surface area (Å²) in [5.74, 6) is -1.74. The fraction of sp³-hybridized carbons (Fsp3) is 0.917. The molecule has 0 spiro atoms. The number of ether oxygens (including phenoxy) is 6. The predicted molar refractivity (Wildman–Crippen MR) is 136 cm³/mol. The van der Waals surface area contributed by atoms with Crippen LogP contribution in [-0.4, -0.2) is 220 Å². The van der Waals surface area contributed by atoms with Crippen LogP contribution >= 0.6 is 0 Å². The quantitative estimate of drug-likeness (QED) is 0.0757. The Morgan fingerprint density at radius 2 is 1.13 bits per heavy atom. The topological polar surface area (TPSA) is 373 Å². The van der Waals surface area contributed by atoms with Gasteiger partial charge < -0.3 is 105 Å². The van der Waals surface area contributed by atoms with Crippen molar-refractivity contribution in [3.63, 3.8) is 0 Å². The first-order chi connectivity index (χ1) is 21.6. The average Bonchev–Trinajstić information content (AvgIpc) is 3.04. The van der Waals surface area contributed by atoms with Gasteiger partial charge in [-0.3, -0.25) is 0 Å². The molecule has 3 aliphatic rings. The first-order valence-corrected chi connectivity index (χ1v) is 13.9. The van der Waals surface area contributed by atoms with E-state index in [1.807, 2.05) is 0 Å². The van der Waals surface area contributed by atoms with Crippen molar-refractivity contribution in [1.29, 1.82) is 0 Å². The SMILES string of the molecule is O=C[C@H](O)[C@@H](O)[C@@H](O[C@@H]1O[C@H](CO)[C@@H](O[C@@H]2O[C@H](CO)[C@@H](O[C@@H]3O[C@H](C(=O)O)[C@@H](O)[C@H](O)[C@H]3O)[C@H](O)[C@H]2O)[C@H](O)[C@H]1O)[C@H](O)CO. The first kappa shape index (κ1) is 38.8. The number of carboxylic acids is 1. The molecule has 0 saturated carbocycles. The van der Waals surface area contributed by atoms with Crippen LogP contribution in [-0.2, 0) is 38.0 Å². The summed E-state index contributed by atoms with van der Waals surface area (Å²) in [7, 11) is 0. The lowest BCUT2D eigenvalue weighted by Gasteiger charge is -2.48. The molecule has 22 heteroatoms. The summed E-state index contributed by atoms with van der Waals surface area (Å²) in [5, 5.41) is 141. The smallest absolute Gasteiger partial charge is 0.335 e. The third kappa shape index (κ3) is 8.15. The van der Waals surface area contributed by atoms with Crippen LogP contribution in [0.5, 0.6) is 0 Å². The molecule has 0 amide bonds. The molecule has 3 heterocycles. The maximum absolute atomic E-state index is 11.4. The van der Waals surface area contributed by atoms with Gasteiger partial charge >= 0.3 is 5.97 Å². The molecule has 3 rings (SSSR count). The molecule has 0 radical (unpaired) electrons. The highest BCUT2D eigenvalue weighted by molar-refractivity contribution is 5.73. The van der Waals surface area contributed by atoms with Crippen molar-refractivity contribution in [3.8, 4) is 0 Å². The number of aliphatic hydroxyl groups is 13. The molecule has 3 saturated heterocycles. The third-order valence-corrected chi connectivity index (χ3v) is 7.72. The molecule has 3 fully saturated rings. The fourth-order valence-corrected chi connectivity index (χ4v) is 5.07. The van der Waals surface area contributed by atoms with Crippen LogP contribution in [0.2, 0.25) is 0 Å². The monoisotopic (exact) mass is 680 g/mol. The van der Waals surface area contributed by atoms with Crippen LogP contribution in [0.4, 0.5) is 0 Å². The van der Waals surface area contributed by atoms with Crippen LogP contribution in [0.3, 0.4) is 0 Å². The van der Waals surface area contributed by atoms with E-state index in [2.05, 4.69) is 0 Å². The zero-order valence-corrected chi connectivity index (χ0v) is 23.7. The van der Waals surface area contributed by atoms with E-state index in [1.165, 1.54) is 0 Å². The minimum absolute atomic E-state index is 0.109. The summed E-state index contributed by atoms with van der Waals surface area (Å²) in [4.78, 5) is 22.3. The van der Waals surface area contributed by atoms with Gasteiger partial charge in [-0.05, 0) is 0 Å². The molecule has 0 bridgehead atoms. The lowest BCUT2D eigenvalue weighted by molar-refractivity contribution is -0.381. The highest BCUT2D eigenvalue weighted by Crippen LogP contribution is 2.33. The number of rotatable bonds is 14. The average molecular weight is 681 g/mol. The minimum Gasteiger partial charge on any atom is -0.479 e. The van der Waals surface area contributed by atoms with Gasteiger partial charge in [0.25, 0.3) is 0 Å². The molecule has 268 valence electrons.